The van der Waals surface area contributed by atoms with Crippen molar-refractivity contribution in [1.29, 1.82) is 0 Å². The highest BCUT2D eigenvalue weighted by molar-refractivity contribution is 8.16. The molecule has 22 heavy (non-hydrogen) atoms. The van der Waals surface area contributed by atoms with Crippen molar-refractivity contribution in [2.45, 2.75) is 51.0 Å². The van der Waals surface area contributed by atoms with Crippen LogP contribution in [0, 0.1) is 6.92 Å². The molecule has 2 nitrogen and oxygen atoms in total. The lowest BCUT2D eigenvalue weighted by molar-refractivity contribution is 0.383. The van der Waals surface area contributed by atoms with E-state index >= 15 is 0 Å². The summed E-state index contributed by atoms with van der Waals surface area (Å²) in [6.45, 7) is 6.56. The summed E-state index contributed by atoms with van der Waals surface area (Å²) < 4.78 is 11.8. The maximum Gasteiger partial charge on any atom is 0.126 e. The zero-order valence-electron chi connectivity index (χ0n) is 14.6. The van der Waals surface area contributed by atoms with E-state index in [0.29, 0.717) is 0 Å². The number of ether oxygens (including phenoxy) is 2. The molecular weight excluding hydrogens is 312 g/mol. The van der Waals surface area contributed by atoms with Crippen LogP contribution in [-0.4, -0.2) is 30.3 Å². The van der Waals surface area contributed by atoms with Crippen molar-refractivity contribution >= 4 is 23.5 Å². The van der Waals surface area contributed by atoms with E-state index in [9.17, 15) is 0 Å². The van der Waals surface area contributed by atoms with Gasteiger partial charge in [-0.1, -0.05) is 20.3 Å². The Morgan fingerprint density at radius 3 is 1.95 bits per heavy atom. The van der Waals surface area contributed by atoms with Gasteiger partial charge in [-0.15, -0.1) is 23.5 Å². The second-order valence-electron chi connectivity index (χ2n) is 5.23. The summed E-state index contributed by atoms with van der Waals surface area (Å²) in [4.78, 5) is 0. The highest BCUT2D eigenvalue weighted by Crippen LogP contribution is 2.33. The molecule has 4 heteroatoms. The Kier molecular flexibility index (Phi) is 9.89. The highest BCUT2D eigenvalue weighted by atomic mass is 32.2. The van der Waals surface area contributed by atoms with Crippen LogP contribution in [0.25, 0.3) is 0 Å². The average Bonchev–Trinajstić information content (AvgIpc) is 2.52. The Hall–Kier alpha value is -0.480. The van der Waals surface area contributed by atoms with Crippen molar-refractivity contribution in [3.8, 4) is 11.5 Å². The molecule has 0 atom stereocenters. The van der Waals surface area contributed by atoms with E-state index in [2.05, 4.69) is 56.4 Å². The summed E-state index contributed by atoms with van der Waals surface area (Å²) in [7, 11) is 3.48. The van der Waals surface area contributed by atoms with E-state index in [1.807, 2.05) is 0 Å². The van der Waals surface area contributed by atoms with Gasteiger partial charge in [-0.3, -0.25) is 0 Å². The molecule has 0 saturated carbocycles. The van der Waals surface area contributed by atoms with E-state index in [-0.39, 0.29) is 0 Å². The summed E-state index contributed by atoms with van der Waals surface area (Å²) in [5.41, 5.74) is 2.38. The van der Waals surface area contributed by atoms with Crippen molar-refractivity contribution in [3.05, 3.63) is 23.3 Å². The van der Waals surface area contributed by atoms with Gasteiger partial charge in [0.1, 0.15) is 11.5 Å². The minimum atomic E-state index is 0.747. The smallest absolute Gasteiger partial charge is 0.126 e. The van der Waals surface area contributed by atoms with Crippen LogP contribution in [0.5, 0.6) is 11.5 Å². The van der Waals surface area contributed by atoms with Crippen LogP contribution in [0.1, 0.15) is 44.2 Å². The third kappa shape index (κ3) is 6.33. The average molecular weight is 343 g/mol. The fourth-order valence-corrected chi connectivity index (χ4v) is 5.17. The highest BCUT2D eigenvalue weighted by Gasteiger charge is 2.12. The summed E-state index contributed by atoms with van der Waals surface area (Å²) in [5.74, 6) is 4.33. The van der Waals surface area contributed by atoms with Gasteiger partial charge in [0.25, 0.3) is 0 Å². The standard InChI is InChI=1S/C18H30O2S2/c1-6-21-18(22-7-2)11-9-8-10-15-16(19-4)12-14(3)13-17(15)20-5/h12-13,18H,6-11H2,1-5H3. The Bertz CT molecular complexity index is 404. The minimum Gasteiger partial charge on any atom is -0.496 e. The number of hydrogen-bond donors (Lipinski definition) is 0. The summed E-state index contributed by atoms with van der Waals surface area (Å²) in [6.07, 6.45) is 4.74. The number of rotatable bonds is 11. The Balaban J connectivity index is 2.57. The van der Waals surface area contributed by atoms with Crippen molar-refractivity contribution in [3.63, 3.8) is 0 Å². The largest absolute Gasteiger partial charge is 0.496 e. The fourth-order valence-electron chi connectivity index (χ4n) is 2.56. The lowest BCUT2D eigenvalue weighted by Crippen LogP contribution is -2.01. The maximum atomic E-state index is 5.54. The molecule has 0 saturated heterocycles. The van der Waals surface area contributed by atoms with Crippen molar-refractivity contribution in [2.75, 3.05) is 25.7 Å². The number of unbranched alkanes of at least 4 members (excludes halogenated alkanes) is 1. The van der Waals surface area contributed by atoms with Gasteiger partial charge in [-0.2, -0.15) is 0 Å². The first-order valence-electron chi connectivity index (χ1n) is 8.10. The van der Waals surface area contributed by atoms with Crippen molar-refractivity contribution in [2.24, 2.45) is 0 Å². The van der Waals surface area contributed by atoms with Gasteiger partial charge in [-0.05, 0) is 55.4 Å². The Morgan fingerprint density at radius 2 is 1.50 bits per heavy atom. The second-order valence-corrected chi connectivity index (χ2v) is 8.49. The van der Waals surface area contributed by atoms with Crippen LogP contribution in [0.3, 0.4) is 0 Å². The monoisotopic (exact) mass is 342 g/mol. The van der Waals surface area contributed by atoms with E-state index < -0.39 is 0 Å². The van der Waals surface area contributed by atoms with Gasteiger partial charge in [0.15, 0.2) is 0 Å². The maximum absolute atomic E-state index is 5.54. The van der Waals surface area contributed by atoms with Crippen molar-refractivity contribution in [1.82, 2.24) is 0 Å². The molecule has 0 heterocycles. The van der Waals surface area contributed by atoms with Gasteiger partial charge < -0.3 is 9.47 Å². The summed E-state index contributed by atoms with van der Waals surface area (Å²) in [6, 6.07) is 4.20. The first kappa shape index (κ1) is 19.6. The van der Waals surface area contributed by atoms with Crippen LogP contribution >= 0.6 is 23.5 Å². The SMILES string of the molecule is CCSC(CCCCc1c(OC)cc(C)cc1OC)SCC. The molecule has 1 aromatic rings. The number of benzene rings is 1. The number of methoxy groups -OCH3 is 2. The van der Waals surface area contributed by atoms with E-state index in [0.717, 1.165) is 22.5 Å². The molecule has 0 aliphatic rings. The molecule has 0 amide bonds. The van der Waals surface area contributed by atoms with Crippen LogP contribution < -0.4 is 9.47 Å². The molecule has 0 N–H and O–H groups in total. The quantitative estimate of drug-likeness (QED) is 0.387. The van der Waals surface area contributed by atoms with Crippen LogP contribution in [-0.2, 0) is 6.42 Å². The molecule has 126 valence electrons. The van der Waals surface area contributed by atoms with Gasteiger partial charge in [-0.25, -0.2) is 0 Å². The topological polar surface area (TPSA) is 18.5 Å². The molecule has 0 bridgehead atoms. The predicted octanol–water partition coefficient (Wildman–Crippen LogP) is 5.56. The van der Waals surface area contributed by atoms with Gasteiger partial charge >= 0.3 is 0 Å². The fraction of sp³-hybridized carbons (Fsp3) is 0.667. The van der Waals surface area contributed by atoms with E-state index in [1.54, 1.807) is 14.2 Å². The number of hydrogen-bond acceptors (Lipinski definition) is 4. The number of thioether (sulfide) groups is 2. The van der Waals surface area contributed by atoms with Crippen LogP contribution in [0.4, 0.5) is 0 Å². The van der Waals surface area contributed by atoms with Gasteiger partial charge in [0.2, 0.25) is 0 Å². The molecular formula is C18H30O2S2. The number of aryl methyl sites for hydroxylation is 1. The zero-order chi connectivity index (χ0) is 16.4. The normalized spacial score (nSPS) is 11.0. The molecule has 0 aromatic heterocycles. The molecule has 0 spiro atoms. The lowest BCUT2D eigenvalue weighted by atomic mass is 10.0. The van der Waals surface area contributed by atoms with E-state index in [4.69, 9.17) is 9.47 Å². The second kappa shape index (κ2) is 11.1. The molecule has 1 aromatic carbocycles. The minimum absolute atomic E-state index is 0.747. The third-order valence-electron chi connectivity index (χ3n) is 3.57. The first-order valence-corrected chi connectivity index (χ1v) is 10.2. The molecule has 1 rings (SSSR count). The third-order valence-corrected chi connectivity index (χ3v) is 6.27. The van der Waals surface area contributed by atoms with E-state index in [1.165, 1.54) is 41.9 Å². The molecule has 0 fully saturated rings. The zero-order valence-corrected chi connectivity index (χ0v) is 16.2. The van der Waals surface area contributed by atoms with Crippen LogP contribution in [0.15, 0.2) is 12.1 Å². The first-order chi connectivity index (χ1) is 10.7. The molecule has 0 aliphatic heterocycles. The predicted molar refractivity (Wildman–Crippen MR) is 102 cm³/mol. The Labute approximate surface area is 144 Å². The molecule has 0 unspecified atom stereocenters. The van der Waals surface area contributed by atoms with Gasteiger partial charge in [0, 0.05) is 5.56 Å². The summed E-state index contributed by atoms with van der Waals surface area (Å²) >= 11 is 4.16. The lowest BCUT2D eigenvalue weighted by Gasteiger charge is -2.16. The molecule has 0 radical (unpaired) electrons. The Morgan fingerprint density at radius 1 is 0.955 bits per heavy atom. The summed E-state index contributed by atoms with van der Waals surface area (Å²) in [5, 5.41) is 0. The molecule has 0 aliphatic carbocycles. The van der Waals surface area contributed by atoms with Gasteiger partial charge in [0.05, 0.1) is 18.8 Å². The van der Waals surface area contributed by atoms with Crippen LogP contribution in [0.2, 0.25) is 0 Å². The van der Waals surface area contributed by atoms with Crippen molar-refractivity contribution < 1.29 is 9.47 Å².